The lowest BCUT2D eigenvalue weighted by Gasteiger charge is -2.31. The van der Waals surface area contributed by atoms with E-state index in [0.717, 1.165) is 23.3 Å². The van der Waals surface area contributed by atoms with Crippen molar-refractivity contribution in [1.29, 1.82) is 0 Å². The first-order valence-electron chi connectivity index (χ1n) is 11.7. The molecule has 0 aliphatic carbocycles. The Morgan fingerprint density at radius 3 is 2.37 bits per heavy atom. The van der Waals surface area contributed by atoms with Crippen molar-refractivity contribution in [3.63, 3.8) is 0 Å². The second-order valence-electron chi connectivity index (χ2n) is 8.21. The number of rotatable bonds is 12. The second kappa shape index (κ2) is 13.9. The normalized spacial score (nSPS) is 11.6. The van der Waals surface area contributed by atoms with Crippen LogP contribution >= 0.6 is 23.4 Å². The van der Waals surface area contributed by atoms with E-state index in [1.165, 1.54) is 22.7 Å². The van der Waals surface area contributed by atoms with E-state index in [1.54, 1.807) is 30.3 Å². The first-order valence-corrected chi connectivity index (χ1v) is 13.1. The fourth-order valence-electron chi connectivity index (χ4n) is 3.63. The van der Waals surface area contributed by atoms with E-state index in [0.29, 0.717) is 23.6 Å². The number of thioether (sulfide) groups is 1. The molecule has 1 atom stereocenters. The summed E-state index contributed by atoms with van der Waals surface area (Å²) in [7, 11) is 0. The van der Waals surface area contributed by atoms with Gasteiger partial charge in [-0.15, -0.1) is 11.8 Å². The van der Waals surface area contributed by atoms with Crippen molar-refractivity contribution in [2.75, 3.05) is 12.3 Å². The largest absolute Gasteiger partial charge is 0.354 e. The molecule has 7 heteroatoms. The summed E-state index contributed by atoms with van der Waals surface area (Å²) < 4.78 is 14.6. The molecule has 0 fully saturated rings. The third kappa shape index (κ3) is 8.41. The first kappa shape index (κ1) is 26.8. The second-order valence-corrected chi connectivity index (χ2v) is 9.69. The Kier molecular flexibility index (Phi) is 10.6. The van der Waals surface area contributed by atoms with Gasteiger partial charge in [-0.05, 0) is 42.3 Å². The summed E-state index contributed by atoms with van der Waals surface area (Å²) in [6.45, 7) is 2.59. The van der Waals surface area contributed by atoms with E-state index in [-0.39, 0.29) is 24.1 Å². The van der Waals surface area contributed by atoms with Gasteiger partial charge in [0.25, 0.3) is 0 Å². The van der Waals surface area contributed by atoms with Crippen molar-refractivity contribution in [1.82, 2.24) is 10.2 Å². The smallest absolute Gasteiger partial charge is 0.243 e. The van der Waals surface area contributed by atoms with Gasteiger partial charge in [-0.3, -0.25) is 9.59 Å². The zero-order valence-corrected chi connectivity index (χ0v) is 21.3. The lowest BCUT2D eigenvalue weighted by molar-refractivity contribution is -0.139. The first-order chi connectivity index (χ1) is 17.0. The highest BCUT2D eigenvalue weighted by atomic mass is 35.5. The van der Waals surface area contributed by atoms with Gasteiger partial charge in [0.2, 0.25) is 11.8 Å². The lowest BCUT2D eigenvalue weighted by atomic mass is 10.0. The van der Waals surface area contributed by atoms with Crippen LogP contribution in [0, 0.1) is 5.82 Å². The molecule has 0 radical (unpaired) electrons. The van der Waals surface area contributed by atoms with Crippen molar-refractivity contribution in [2.45, 2.75) is 43.7 Å². The Labute approximate surface area is 215 Å². The van der Waals surface area contributed by atoms with Crippen LogP contribution in [0.1, 0.15) is 30.9 Å². The van der Waals surface area contributed by atoms with Gasteiger partial charge in [0, 0.05) is 35.0 Å². The molecule has 0 aliphatic heterocycles. The number of amides is 2. The van der Waals surface area contributed by atoms with Crippen LogP contribution in [0.25, 0.3) is 0 Å². The summed E-state index contributed by atoms with van der Waals surface area (Å²) in [6.07, 6.45) is 2.13. The van der Waals surface area contributed by atoms with Crippen LogP contribution < -0.4 is 5.32 Å². The molecule has 3 aromatic carbocycles. The van der Waals surface area contributed by atoms with E-state index in [9.17, 15) is 14.0 Å². The van der Waals surface area contributed by atoms with Gasteiger partial charge in [0.05, 0.1) is 5.75 Å². The highest BCUT2D eigenvalue weighted by Gasteiger charge is 2.30. The molecule has 0 aromatic heterocycles. The third-order valence-electron chi connectivity index (χ3n) is 5.58. The monoisotopic (exact) mass is 512 g/mol. The lowest BCUT2D eigenvalue weighted by Crippen LogP contribution is -2.51. The Balaban J connectivity index is 1.88. The van der Waals surface area contributed by atoms with Gasteiger partial charge in [-0.1, -0.05) is 73.5 Å². The zero-order valence-electron chi connectivity index (χ0n) is 19.8. The summed E-state index contributed by atoms with van der Waals surface area (Å²) >= 11 is 7.33. The zero-order chi connectivity index (χ0) is 25.0. The van der Waals surface area contributed by atoms with E-state index in [1.807, 2.05) is 42.5 Å². The number of hydrogen-bond acceptors (Lipinski definition) is 3. The Bertz CT molecular complexity index is 1100. The molecule has 0 heterocycles. The Morgan fingerprint density at radius 2 is 1.69 bits per heavy atom. The van der Waals surface area contributed by atoms with Gasteiger partial charge in [-0.2, -0.15) is 0 Å². The number of halogens is 2. The molecular weight excluding hydrogens is 483 g/mol. The van der Waals surface area contributed by atoms with E-state index in [4.69, 9.17) is 11.6 Å². The summed E-state index contributed by atoms with van der Waals surface area (Å²) in [4.78, 5) is 29.3. The van der Waals surface area contributed by atoms with Crippen LogP contribution in [0.4, 0.5) is 4.39 Å². The number of unbranched alkanes of at least 4 members (excludes halogenated alkanes) is 1. The van der Waals surface area contributed by atoms with Crippen LogP contribution in [0.15, 0.2) is 83.8 Å². The Hall–Kier alpha value is -2.83. The predicted octanol–water partition coefficient (Wildman–Crippen LogP) is 6.13. The molecule has 1 N–H and O–H groups in total. The van der Waals surface area contributed by atoms with Crippen molar-refractivity contribution in [3.8, 4) is 0 Å². The minimum atomic E-state index is -0.771. The summed E-state index contributed by atoms with van der Waals surface area (Å²) in [6, 6.07) is 22.4. The number of nitrogens with one attached hydrogen (secondary N) is 1. The molecule has 2 amide bonds. The summed E-state index contributed by atoms with van der Waals surface area (Å²) in [5.74, 6) is -0.757. The van der Waals surface area contributed by atoms with Gasteiger partial charge < -0.3 is 10.2 Å². The fourth-order valence-corrected chi connectivity index (χ4v) is 4.54. The highest BCUT2D eigenvalue weighted by molar-refractivity contribution is 8.00. The van der Waals surface area contributed by atoms with Crippen molar-refractivity contribution in [3.05, 3.63) is 101 Å². The van der Waals surface area contributed by atoms with E-state index in [2.05, 4.69) is 12.2 Å². The standard InChI is InChI=1S/C28H30ClFN2O2S/c1-2-3-17-31-28(34)26(18-21-9-5-4-6-10-21)32(19-22-11-7-8-12-25(22)30)27(33)20-35-24-15-13-23(29)14-16-24/h4-16,26H,2-3,17-20H2,1H3,(H,31,34). The van der Waals surface area contributed by atoms with Gasteiger partial charge in [0.15, 0.2) is 0 Å². The van der Waals surface area contributed by atoms with Crippen molar-refractivity contribution in [2.24, 2.45) is 0 Å². The molecule has 3 aromatic rings. The maximum Gasteiger partial charge on any atom is 0.243 e. The molecule has 0 saturated carbocycles. The fraction of sp³-hybridized carbons (Fsp3) is 0.286. The average Bonchev–Trinajstić information content (AvgIpc) is 2.87. The molecule has 184 valence electrons. The summed E-state index contributed by atoms with van der Waals surface area (Å²) in [5, 5.41) is 3.59. The molecule has 0 spiro atoms. The molecule has 1 unspecified atom stereocenters. The van der Waals surface area contributed by atoms with Crippen LogP contribution in [0.3, 0.4) is 0 Å². The molecule has 0 aliphatic rings. The molecule has 0 saturated heterocycles. The number of benzene rings is 3. The van der Waals surface area contributed by atoms with Gasteiger partial charge in [-0.25, -0.2) is 4.39 Å². The molecule has 3 rings (SSSR count). The number of carbonyl (C=O) groups excluding carboxylic acids is 2. The van der Waals surface area contributed by atoms with Crippen molar-refractivity contribution < 1.29 is 14.0 Å². The molecule has 4 nitrogen and oxygen atoms in total. The Morgan fingerprint density at radius 1 is 1.00 bits per heavy atom. The predicted molar refractivity (Wildman–Crippen MR) is 141 cm³/mol. The number of hydrogen-bond donors (Lipinski definition) is 1. The van der Waals surface area contributed by atoms with E-state index < -0.39 is 11.9 Å². The maximum atomic E-state index is 14.6. The van der Waals surface area contributed by atoms with Gasteiger partial charge >= 0.3 is 0 Å². The summed E-state index contributed by atoms with van der Waals surface area (Å²) in [5.41, 5.74) is 1.30. The molecule has 35 heavy (non-hydrogen) atoms. The van der Waals surface area contributed by atoms with Crippen LogP contribution in [0.5, 0.6) is 0 Å². The van der Waals surface area contributed by atoms with E-state index >= 15 is 0 Å². The minimum Gasteiger partial charge on any atom is -0.354 e. The van der Waals surface area contributed by atoms with Crippen molar-refractivity contribution >= 4 is 35.2 Å². The quantitative estimate of drug-likeness (QED) is 0.235. The topological polar surface area (TPSA) is 49.4 Å². The van der Waals surface area contributed by atoms with Crippen LogP contribution in [-0.4, -0.2) is 35.1 Å². The SMILES string of the molecule is CCCCNC(=O)C(Cc1ccccc1)N(Cc1ccccc1F)C(=O)CSc1ccc(Cl)cc1. The van der Waals surface area contributed by atoms with Crippen LogP contribution in [0.2, 0.25) is 5.02 Å². The molecule has 0 bridgehead atoms. The van der Waals surface area contributed by atoms with Gasteiger partial charge in [0.1, 0.15) is 11.9 Å². The number of nitrogens with zero attached hydrogens (tertiary/aromatic N) is 1. The average molecular weight is 513 g/mol. The highest BCUT2D eigenvalue weighted by Crippen LogP contribution is 2.23. The van der Waals surface area contributed by atoms with Crippen LogP contribution in [-0.2, 0) is 22.6 Å². The minimum absolute atomic E-state index is 0.00534. The number of carbonyl (C=O) groups is 2. The maximum absolute atomic E-state index is 14.6. The third-order valence-corrected chi connectivity index (χ3v) is 6.82. The molecular formula is C28H30ClFN2O2S.